The first-order valence-corrected chi connectivity index (χ1v) is 4.24. The van der Waals surface area contributed by atoms with Crippen LogP contribution in [0, 0.1) is 0 Å². The van der Waals surface area contributed by atoms with Crippen LogP contribution in [0.1, 0.15) is 13.8 Å². The molecule has 0 atom stereocenters. The number of primary amides is 1. The summed E-state index contributed by atoms with van der Waals surface area (Å²) in [5.74, 6) is -0.394. The second-order valence-corrected chi connectivity index (χ2v) is 3.25. The van der Waals surface area contributed by atoms with E-state index in [0.29, 0.717) is 19.8 Å². The zero-order chi connectivity index (χ0) is 10.3. The minimum atomic E-state index is -0.706. The van der Waals surface area contributed by atoms with Gasteiger partial charge in [-0.2, -0.15) is 0 Å². The molecular formula is C8H18N2O3. The van der Waals surface area contributed by atoms with Crippen molar-refractivity contribution in [3.8, 4) is 0 Å². The molecule has 5 nitrogen and oxygen atoms in total. The van der Waals surface area contributed by atoms with E-state index in [2.05, 4.69) is 5.32 Å². The predicted molar refractivity (Wildman–Crippen MR) is 49.2 cm³/mol. The molecule has 0 fully saturated rings. The van der Waals surface area contributed by atoms with Crippen LogP contribution in [-0.2, 0) is 9.53 Å². The van der Waals surface area contributed by atoms with Crippen molar-refractivity contribution in [1.82, 2.24) is 5.32 Å². The molecule has 1 amide bonds. The smallest absolute Gasteiger partial charge is 0.237 e. The number of aliphatic hydroxyl groups is 1. The van der Waals surface area contributed by atoms with Gasteiger partial charge in [0.2, 0.25) is 5.91 Å². The van der Waals surface area contributed by atoms with Crippen LogP contribution in [0.4, 0.5) is 0 Å². The molecule has 5 heteroatoms. The summed E-state index contributed by atoms with van der Waals surface area (Å²) < 4.78 is 4.99. The van der Waals surface area contributed by atoms with Gasteiger partial charge in [0.05, 0.1) is 25.4 Å². The summed E-state index contributed by atoms with van der Waals surface area (Å²) in [4.78, 5) is 10.8. The number of hydrogen-bond donors (Lipinski definition) is 3. The molecule has 0 aliphatic heterocycles. The molecule has 0 aliphatic rings. The largest absolute Gasteiger partial charge is 0.394 e. The van der Waals surface area contributed by atoms with Gasteiger partial charge < -0.3 is 20.9 Å². The summed E-state index contributed by atoms with van der Waals surface area (Å²) >= 11 is 0. The Hall–Kier alpha value is -0.650. The van der Waals surface area contributed by atoms with Gasteiger partial charge in [-0.1, -0.05) is 0 Å². The van der Waals surface area contributed by atoms with E-state index in [1.165, 1.54) is 0 Å². The van der Waals surface area contributed by atoms with Crippen molar-refractivity contribution >= 4 is 5.91 Å². The maximum absolute atomic E-state index is 10.8. The lowest BCUT2D eigenvalue weighted by Gasteiger charge is -2.21. The molecule has 0 heterocycles. The van der Waals surface area contributed by atoms with E-state index in [4.69, 9.17) is 15.6 Å². The van der Waals surface area contributed by atoms with Crippen molar-refractivity contribution in [3.63, 3.8) is 0 Å². The Morgan fingerprint density at radius 2 is 2.15 bits per heavy atom. The third kappa shape index (κ3) is 5.57. The van der Waals surface area contributed by atoms with E-state index in [-0.39, 0.29) is 6.61 Å². The summed E-state index contributed by atoms with van der Waals surface area (Å²) in [5, 5.41) is 11.3. The predicted octanol–water partition coefficient (Wildman–Crippen LogP) is -1.15. The van der Waals surface area contributed by atoms with Crippen molar-refractivity contribution in [2.24, 2.45) is 5.73 Å². The van der Waals surface area contributed by atoms with Crippen molar-refractivity contribution < 1.29 is 14.6 Å². The third-order valence-corrected chi connectivity index (χ3v) is 1.66. The van der Waals surface area contributed by atoms with E-state index >= 15 is 0 Å². The lowest BCUT2D eigenvalue weighted by atomic mass is 10.1. The minimum absolute atomic E-state index is 0.0131. The average Bonchev–Trinajstić information content (AvgIpc) is 2.03. The molecule has 0 unspecified atom stereocenters. The molecule has 0 aromatic heterocycles. The maximum atomic E-state index is 10.8. The molecule has 0 aromatic rings. The quantitative estimate of drug-likeness (QED) is 0.442. The molecule has 0 radical (unpaired) electrons. The highest BCUT2D eigenvalue weighted by molar-refractivity contribution is 5.83. The molecule has 0 aromatic carbocycles. The molecule has 4 N–H and O–H groups in total. The van der Waals surface area contributed by atoms with Crippen LogP contribution in [0.5, 0.6) is 0 Å². The van der Waals surface area contributed by atoms with Crippen LogP contribution in [0.2, 0.25) is 0 Å². The fraction of sp³-hybridized carbons (Fsp3) is 0.875. The third-order valence-electron chi connectivity index (χ3n) is 1.66. The first kappa shape index (κ1) is 12.3. The van der Waals surface area contributed by atoms with E-state index in [9.17, 15) is 4.79 Å². The maximum Gasteiger partial charge on any atom is 0.237 e. The number of hydrogen-bond acceptors (Lipinski definition) is 4. The van der Waals surface area contributed by atoms with E-state index in [0.717, 1.165) is 0 Å². The van der Waals surface area contributed by atoms with Gasteiger partial charge in [0, 0.05) is 6.54 Å². The first-order chi connectivity index (χ1) is 6.00. The highest BCUT2D eigenvalue weighted by Crippen LogP contribution is 1.98. The van der Waals surface area contributed by atoms with Gasteiger partial charge in [-0.05, 0) is 13.8 Å². The second kappa shape index (κ2) is 5.90. The number of nitrogens with one attached hydrogen (secondary N) is 1. The van der Waals surface area contributed by atoms with Gasteiger partial charge in [0.15, 0.2) is 0 Å². The Morgan fingerprint density at radius 3 is 2.62 bits per heavy atom. The number of rotatable bonds is 7. The van der Waals surface area contributed by atoms with Gasteiger partial charge in [-0.25, -0.2) is 0 Å². The van der Waals surface area contributed by atoms with Gasteiger partial charge in [-0.3, -0.25) is 4.79 Å². The number of amides is 1. The summed E-state index contributed by atoms with van der Waals surface area (Å²) in [5.41, 5.74) is 4.42. The molecule has 0 saturated heterocycles. The van der Waals surface area contributed by atoms with Crippen molar-refractivity contribution in [2.45, 2.75) is 19.4 Å². The Labute approximate surface area is 78.3 Å². The zero-order valence-corrected chi connectivity index (χ0v) is 8.17. The highest BCUT2D eigenvalue weighted by Gasteiger charge is 2.23. The topological polar surface area (TPSA) is 84.6 Å². The van der Waals surface area contributed by atoms with Gasteiger partial charge >= 0.3 is 0 Å². The Kier molecular flexibility index (Phi) is 5.61. The number of aliphatic hydroxyl groups excluding tert-OH is 1. The van der Waals surface area contributed by atoms with Crippen molar-refractivity contribution in [3.05, 3.63) is 0 Å². The normalized spacial score (nSPS) is 11.6. The zero-order valence-electron chi connectivity index (χ0n) is 8.17. The number of nitrogens with two attached hydrogens (primary N) is 1. The standard InChI is InChI=1S/C8H18N2O3/c1-8(2,7(9)12)10-3-5-13-6-4-11/h10-11H,3-6H2,1-2H3,(H2,9,12). The lowest BCUT2D eigenvalue weighted by molar-refractivity contribution is -0.123. The SMILES string of the molecule is CC(C)(NCCOCCO)C(N)=O. The monoisotopic (exact) mass is 190 g/mol. The van der Waals surface area contributed by atoms with Crippen molar-refractivity contribution in [2.75, 3.05) is 26.4 Å². The second-order valence-electron chi connectivity index (χ2n) is 3.25. The molecule has 0 spiro atoms. The van der Waals surface area contributed by atoms with Crippen LogP contribution in [0.15, 0.2) is 0 Å². The molecule has 13 heavy (non-hydrogen) atoms. The van der Waals surface area contributed by atoms with Crippen LogP contribution in [-0.4, -0.2) is 42.9 Å². The summed E-state index contributed by atoms with van der Waals surface area (Å²) in [6, 6.07) is 0. The van der Waals surface area contributed by atoms with Crippen LogP contribution in [0.3, 0.4) is 0 Å². The number of carbonyl (C=O) groups excluding carboxylic acids is 1. The molecule has 0 saturated carbocycles. The summed E-state index contributed by atoms with van der Waals surface area (Å²) in [6.45, 7) is 4.74. The summed E-state index contributed by atoms with van der Waals surface area (Å²) in [7, 11) is 0. The Bertz CT molecular complexity index is 159. The Balaban J connectivity index is 3.46. The average molecular weight is 190 g/mol. The van der Waals surface area contributed by atoms with Crippen LogP contribution < -0.4 is 11.1 Å². The van der Waals surface area contributed by atoms with Gasteiger partial charge in [0.1, 0.15) is 0 Å². The molecule has 0 aliphatic carbocycles. The van der Waals surface area contributed by atoms with Crippen molar-refractivity contribution in [1.29, 1.82) is 0 Å². The van der Waals surface area contributed by atoms with Crippen LogP contribution in [0.25, 0.3) is 0 Å². The number of ether oxygens (including phenoxy) is 1. The van der Waals surface area contributed by atoms with Gasteiger partial charge in [-0.15, -0.1) is 0 Å². The summed E-state index contributed by atoms with van der Waals surface area (Å²) in [6.07, 6.45) is 0. The van der Waals surface area contributed by atoms with E-state index in [1.807, 2.05) is 0 Å². The molecule has 0 rings (SSSR count). The lowest BCUT2D eigenvalue weighted by Crippen LogP contribution is -2.51. The molecular weight excluding hydrogens is 172 g/mol. The molecule has 0 bridgehead atoms. The number of carbonyl (C=O) groups is 1. The Morgan fingerprint density at radius 1 is 1.54 bits per heavy atom. The van der Waals surface area contributed by atoms with Gasteiger partial charge in [0.25, 0.3) is 0 Å². The highest BCUT2D eigenvalue weighted by atomic mass is 16.5. The first-order valence-electron chi connectivity index (χ1n) is 4.24. The van der Waals surface area contributed by atoms with Crippen LogP contribution >= 0.6 is 0 Å². The fourth-order valence-corrected chi connectivity index (χ4v) is 0.689. The molecule has 78 valence electrons. The van der Waals surface area contributed by atoms with E-state index < -0.39 is 11.4 Å². The minimum Gasteiger partial charge on any atom is -0.394 e. The van der Waals surface area contributed by atoms with E-state index in [1.54, 1.807) is 13.8 Å². The fourth-order valence-electron chi connectivity index (χ4n) is 0.689.